The summed E-state index contributed by atoms with van der Waals surface area (Å²) >= 11 is 2.05. The monoisotopic (exact) mass is 378 g/mol. The van der Waals surface area contributed by atoms with Crippen LogP contribution in [0.1, 0.15) is 6.92 Å². The van der Waals surface area contributed by atoms with Crippen LogP contribution in [0.3, 0.4) is 0 Å². The molecular weight excluding hydrogens is 363 g/mol. The van der Waals surface area contributed by atoms with Gasteiger partial charge in [-0.15, -0.1) is 0 Å². The lowest BCUT2D eigenvalue weighted by Gasteiger charge is -2.23. The number of carbonyl (C=O) groups is 1. The van der Waals surface area contributed by atoms with Crippen LogP contribution < -0.4 is 4.90 Å². The van der Waals surface area contributed by atoms with E-state index in [1.165, 1.54) is 19.2 Å². The maximum atomic E-state index is 11.4. The van der Waals surface area contributed by atoms with Crippen molar-refractivity contribution in [2.75, 3.05) is 25.6 Å². The number of anilines is 1. The quantitative estimate of drug-likeness (QED) is 0.341. The first-order valence-corrected chi connectivity index (χ1v) is 6.67. The minimum Gasteiger partial charge on any atom is -0.469 e. The fraction of sp³-hybridized carbons (Fsp3) is 0.417. The molecule has 0 aliphatic carbocycles. The molecule has 0 saturated heterocycles. The molecule has 0 aliphatic heterocycles. The summed E-state index contributed by atoms with van der Waals surface area (Å²) in [7, 11) is 3.19. The van der Waals surface area contributed by atoms with Crippen molar-refractivity contribution < 1.29 is 14.5 Å². The number of halogens is 1. The second kappa shape index (κ2) is 6.69. The Kier molecular flexibility index (Phi) is 5.52. The van der Waals surface area contributed by atoms with Crippen LogP contribution in [-0.2, 0) is 9.53 Å². The molecule has 1 aromatic rings. The predicted molar refractivity (Wildman–Crippen MR) is 80.3 cm³/mol. The Balaban J connectivity index is 2.85. The molecule has 0 radical (unpaired) electrons. The number of esters is 1. The molecule has 0 bridgehead atoms. The van der Waals surface area contributed by atoms with Crippen LogP contribution in [0.2, 0.25) is 0 Å². The van der Waals surface area contributed by atoms with E-state index in [0.717, 1.165) is 9.26 Å². The number of nitrogens with zero attached hydrogens (tertiary/aromatic N) is 2. The van der Waals surface area contributed by atoms with Crippen molar-refractivity contribution >= 4 is 39.9 Å². The minimum atomic E-state index is -0.428. The molecule has 0 aliphatic rings. The number of ether oxygens (including phenoxy) is 1. The topological polar surface area (TPSA) is 72.7 Å². The molecule has 0 aromatic heterocycles. The smallest absolute Gasteiger partial charge is 0.310 e. The summed E-state index contributed by atoms with van der Waals surface area (Å²) in [5, 5.41) is 10.7. The third-order valence-corrected chi connectivity index (χ3v) is 3.57. The Hall–Kier alpha value is -1.38. The summed E-state index contributed by atoms with van der Waals surface area (Å²) in [6.07, 6.45) is 0. The fourth-order valence-corrected chi connectivity index (χ4v) is 2.61. The van der Waals surface area contributed by atoms with Crippen LogP contribution in [0.25, 0.3) is 0 Å². The van der Waals surface area contributed by atoms with E-state index in [2.05, 4.69) is 4.74 Å². The lowest BCUT2D eigenvalue weighted by atomic mass is 10.1. The number of nitro benzene ring substituents is 1. The lowest BCUT2D eigenvalue weighted by Crippen LogP contribution is -2.29. The third kappa shape index (κ3) is 4.05. The maximum absolute atomic E-state index is 11.4. The largest absolute Gasteiger partial charge is 0.469 e. The SMILES string of the molecule is COC(=O)C(C)CN(C)c1ccc([N+](=O)[O-])cc1I. The summed E-state index contributed by atoms with van der Waals surface area (Å²) < 4.78 is 5.44. The van der Waals surface area contributed by atoms with Gasteiger partial charge >= 0.3 is 5.97 Å². The van der Waals surface area contributed by atoms with E-state index in [-0.39, 0.29) is 17.6 Å². The molecule has 0 amide bonds. The van der Waals surface area contributed by atoms with Gasteiger partial charge in [-0.25, -0.2) is 0 Å². The molecule has 0 heterocycles. The molecule has 1 atom stereocenters. The molecule has 0 spiro atoms. The van der Waals surface area contributed by atoms with Gasteiger partial charge in [-0.1, -0.05) is 6.92 Å². The number of nitro groups is 1. The molecule has 104 valence electrons. The highest BCUT2D eigenvalue weighted by Crippen LogP contribution is 2.26. The zero-order chi connectivity index (χ0) is 14.6. The average Bonchev–Trinajstić information content (AvgIpc) is 2.37. The molecule has 19 heavy (non-hydrogen) atoms. The second-order valence-electron chi connectivity index (χ2n) is 4.20. The van der Waals surface area contributed by atoms with Crippen LogP contribution in [0.5, 0.6) is 0 Å². The summed E-state index contributed by atoms with van der Waals surface area (Å²) in [5.74, 6) is -0.537. The van der Waals surface area contributed by atoms with Crippen LogP contribution in [-0.4, -0.2) is 31.6 Å². The van der Waals surface area contributed by atoms with Gasteiger partial charge < -0.3 is 9.64 Å². The van der Waals surface area contributed by atoms with E-state index < -0.39 is 4.92 Å². The van der Waals surface area contributed by atoms with Gasteiger partial charge in [0.05, 0.1) is 23.6 Å². The van der Waals surface area contributed by atoms with Crippen LogP contribution >= 0.6 is 22.6 Å². The number of non-ortho nitro benzene ring substituents is 1. The zero-order valence-electron chi connectivity index (χ0n) is 10.9. The highest BCUT2D eigenvalue weighted by Gasteiger charge is 2.18. The van der Waals surface area contributed by atoms with Crippen molar-refractivity contribution in [3.05, 3.63) is 31.9 Å². The van der Waals surface area contributed by atoms with Crippen molar-refractivity contribution in [2.45, 2.75) is 6.92 Å². The molecule has 6 nitrogen and oxygen atoms in total. The van der Waals surface area contributed by atoms with Crippen LogP contribution in [0.4, 0.5) is 11.4 Å². The van der Waals surface area contributed by atoms with Crippen LogP contribution in [0.15, 0.2) is 18.2 Å². The van der Waals surface area contributed by atoms with Crippen LogP contribution in [0, 0.1) is 19.6 Å². The Morgan fingerprint density at radius 2 is 2.21 bits per heavy atom. The average molecular weight is 378 g/mol. The summed E-state index contributed by atoms with van der Waals surface area (Å²) in [6.45, 7) is 2.26. The van der Waals surface area contributed by atoms with Gasteiger partial charge in [-0.2, -0.15) is 0 Å². The molecule has 0 N–H and O–H groups in total. The lowest BCUT2D eigenvalue weighted by molar-refractivity contribution is -0.384. The molecule has 7 heteroatoms. The van der Waals surface area contributed by atoms with Crippen molar-refractivity contribution in [2.24, 2.45) is 5.92 Å². The molecule has 1 rings (SSSR count). The molecular formula is C12H15IN2O4. The van der Waals surface area contributed by atoms with E-state index in [1.54, 1.807) is 13.0 Å². The number of carbonyl (C=O) groups excluding carboxylic acids is 1. The highest BCUT2D eigenvalue weighted by atomic mass is 127. The van der Waals surface area contributed by atoms with Gasteiger partial charge in [-0.3, -0.25) is 14.9 Å². The standard InChI is InChI=1S/C12H15IN2O4/c1-8(12(16)19-3)7-14(2)11-5-4-9(15(17)18)6-10(11)13/h4-6,8H,7H2,1-3H3. The van der Waals surface area contributed by atoms with Crippen molar-refractivity contribution in [1.29, 1.82) is 0 Å². The normalized spacial score (nSPS) is 11.8. The van der Waals surface area contributed by atoms with Gasteiger partial charge in [-0.05, 0) is 28.7 Å². The minimum absolute atomic E-state index is 0.0579. The number of benzene rings is 1. The third-order valence-electron chi connectivity index (χ3n) is 2.70. The van der Waals surface area contributed by atoms with E-state index in [0.29, 0.717) is 6.54 Å². The Morgan fingerprint density at radius 3 is 2.68 bits per heavy atom. The van der Waals surface area contributed by atoms with Gasteiger partial charge in [0.2, 0.25) is 0 Å². The first-order chi connectivity index (χ1) is 8.86. The highest BCUT2D eigenvalue weighted by molar-refractivity contribution is 14.1. The first kappa shape index (κ1) is 15.7. The summed E-state index contributed by atoms with van der Waals surface area (Å²) in [4.78, 5) is 23.5. The second-order valence-corrected chi connectivity index (χ2v) is 5.36. The van der Waals surface area contributed by atoms with Crippen molar-refractivity contribution in [1.82, 2.24) is 0 Å². The van der Waals surface area contributed by atoms with Gasteiger partial charge in [0.15, 0.2) is 0 Å². The molecule has 1 unspecified atom stereocenters. The van der Waals surface area contributed by atoms with E-state index in [9.17, 15) is 14.9 Å². The number of rotatable bonds is 5. The van der Waals surface area contributed by atoms with Crippen molar-refractivity contribution in [3.63, 3.8) is 0 Å². The molecule has 1 aromatic carbocycles. The van der Waals surface area contributed by atoms with Gasteiger partial charge in [0.1, 0.15) is 0 Å². The van der Waals surface area contributed by atoms with Gasteiger partial charge in [0, 0.05) is 29.3 Å². The van der Waals surface area contributed by atoms with Crippen molar-refractivity contribution in [3.8, 4) is 0 Å². The van der Waals surface area contributed by atoms with Gasteiger partial charge in [0.25, 0.3) is 5.69 Å². The Bertz CT molecular complexity index is 493. The maximum Gasteiger partial charge on any atom is 0.310 e. The zero-order valence-corrected chi connectivity index (χ0v) is 13.1. The summed E-state index contributed by atoms with van der Waals surface area (Å²) in [5.41, 5.74) is 0.907. The fourth-order valence-electron chi connectivity index (χ4n) is 1.70. The summed E-state index contributed by atoms with van der Waals surface area (Å²) in [6, 6.07) is 4.65. The molecule has 0 saturated carbocycles. The van der Waals surface area contributed by atoms with E-state index in [1.807, 2.05) is 34.5 Å². The molecule has 0 fully saturated rings. The first-order valence-electron chi connectivity index (χ1n) is 5.59. The number of methoxy groups -OCH3 is 1. The number of hydrogen-bond donors (Lipinski definition) is 0. The Morgan fingerprint density at radius 1 is 1.58 bits per heavy atom. The van der Waals surface area contributed by atoms with E-state index in [4.69, 9.17) is 0 Å². The van der Waals surface area contributed by atoms with E-state index >= 15 is 0 Å². The Labute approximate surface area is 125 Å². The predicted octanol–water partition coefficient (Wildman–Crippen LogP) is 2.44. The number of hydrogen-bond acceptors (Lipinski definition) is 5.